The number of piperidine rings is 1. The molecule has 0 bridgehead atoms. The van der Waals surface area contributed by atoms with Crippen molar-refractivity contribution < 1.29 is 31.4 Å². The van der Waals surface area contributed by atoms with Crippen LogP contribution in [0, 0.1) is 6.92 Å². The van der Waals surface area contributed by atoms with Gasteiger partial charge in [-0.25, -0.2) is 16.8 Å². The van der Waals surface area contributed by atoms with Gasteiger partial charge in [0.25, 0.3) is 0 Å². The second-order valence-electron chi connectivity index (χ2n) is 9.83. The molecule has 2 aliphatic rings. The third-order valence-electron chi connectivity index (χ3n) is 7.14. The predicted octanol–water partition coefficient (Wildman–Crippen LogP) is 0.957. The van der Waals surface area contributed by atoms with Crippen molar-refractivity contribution in [3.8, 4) is 5.75 Å². The summed E-state index contributed by atoms with van der Waals surface area (Å²) in [5.41, 5.74) is 0.273. The van der Waals surface area contributed by atoms with Crippen LogP contribution >= 0.6 is 0 Å². The van der Waals surface area contributed by atoms with Crippen LogP contribution in [-0.4, -0.2) is 92.9 Å². The van der Waals surface area contributed by atoms with Crippen molar-refractivity contribution in [3.63, 3.8) is 0 Å². The number of sulfonamides is 1. The number of hydrogen-bond donors (Lipinski definition) is 2. The van der Waals surface area contributed by atoms with Crippen molar-refractivity contribution in [3.05, 3.63) is 36.2 Å². The monoisotopic (exact) mass is 556 g/mol. The Hall–Kier alpha value is -2.03. The summed E-state index contributed by atoms with van der Waals surface area (Å²) in [5.74, 6) is 0.379. The predicted molar refractivity (Wildman–Crippen MR) is 137 cm³/mol. The smallest absolute Gasteiger partial charge is 0.246 e. The van der Waals surface area contributed by atoms with Crippen LogP contribution in [-0.2, 0) is 31.1 Å². The Morgan fingerprint density at radius 1 is 1.27 bits per heavy atom. The third-order valence-corrected chi connectivity index (χ3v) is 10.2. The van der Waals surface area contributed by atoms with E-state index in [2.05, 4.69) is 10.4 Å². The number of ether oxygens (including phenoxy) is 2. The Kier molecular flexibility index (Phi) is 8.31. The first-order valence-electron chi connectivity index (χ1n) is 12.4. The molecular formula is C24H36N4O7S2. The first-order valence-corrected chi connectivity index (χ1v) is 15.8. The van der Waals surface area contributed by atoms with Gasteiger partial charge < -0.3 is 19.9 Å². The Labute approximate surface area is 218 Å². The van der Waals surface area contributed by atoms with Gasteiger partial charge in [-0.2, -0.15) is 9.40 Å². The molecular weight excluding hydrogens is 520 g/mol. The van der Waals surface area contributed by atoms with Gasteiger partial charge in [-0.15, -0.1) is 0 Å². The van der Waals surface area contributed by atoms with Gasteiger partial charge in [0.15, 0.2) is 9.84 Å². The summed E-state index contributed by atoms with van der Waals surface area (Å²) in [6.45, 7) is 5.87. The van der Waals surface area contributed by atoms with Crippen LogP contribution in [0.1, 0.15) is 31.9 Å². The van der Waals surface area contributed by atoms with Crippen molar-refractivity contribution in [1.29, 1.82) is 0 Å². The first-order chi connectivity index (χ1) is 17.4. The van der Waals surface area contributed by atoms with Gasteiger partial charge in [0.05, 0.1) is 29.0 Å². The molecule has 2 atom stereocenters. The fourth-order valence-electron chi connectivity index (χ4n) is 4.95. The molecule has 37 heavy (non-hydrogen) atoms. The maximum Gasteiger partial charge on any atom is 0.246 e. The number of aromatic nitrogens is 2. The number of aryl methyl sites for hydroxylation is 1. The fraction of sp³-hybridized carbons (Fsp3) is 0.625. The number of benzene rings is 1. The summed E-state index contributed by atoms with van der Waals surface area (Å²) in [6.07, 6.45) is 3.71. The number of rotatable bonds is 10. The van der Waals surface area contributed by atoms with E-state index < -0.39 is 26.0 Å². The molecule has 2 N–H and O–H groups in total. The lowest BCUT2D eigenvalue weighted by molar-refractivity contribution is -0.0312. The summed E-state index contributed by atoms with van der Waals surface area (Å²) in [5, 5.41) is 17.8. The minimum Gasteiger partial charge on any atom is -0.491 e. The quantitative estimate of drug-likeness (QED) is 0.438. The van der Waals surface area contributed by atoms with E-state index in [1.54, 1.807) is 23.7 Å². The highest BCUT2D eigenvalue weighted by Gasteiger charge is 2.45. The van der Waals surface area contributed by atoms with Crippen LogP contribution in [0.2, 0.25) is 0 Å². The van der Waals surface area contributed by atoms with Crippen molar-refractivity contribution in [2.45, 2.75) is 67.2 Å². The van der Waals surface area contributed by atoms with Crippen LogP contribution in [0.25, 0.3) is 0 Å². The summed E-state index contributed by atoms with van der Waals surface area (Å²) in [6, 6.07) is 6.22. The van der Waals surface area contributed by atoms with Crippen molar-refractivity contribution >= 4 is 19.9 Å². The highest BCUT2D eigenvalue weighted by atomic mass is 32.2. The summed E-state index contributed by atoms with van der Waals surface area (Å²) < 4.78 is 64.6. The highest BCUT2D eigenvalue weighted by molar-refractivity contribution is 7.90. The second-order valence-corrected chi connectivity index (χ2v) is 13.8. The van der Waals surface area contributed by atoms with Crippen LogP contribution in [0.15, 0.2) is 40.3 Å². The fourth-order valence-corrected chi connectivity index (χ4v) is 7.20. The Morgan fingerprint density at radius 3 is 2.65 bits per heavy atom. The molecule has 0 radical (unpaired) electrons. The summed E-state index contributed by atoms with van der Waals surface area (Å²) >= 11 is 0. The molecule has 2 saturated heterocycles. The lowest BCUT2D eigenvalue weighted by Crippen LogP contribution is -2.47. The van der Waals surface area contributed by atoms with Gasteiger partial charge in [0, 0.05) is 38.5 Å². The van der Waals surface area contributed by atoms with Gasteiger partial charge in [-0.3, -0.25) is 4.68 Å². The maximum atomic E-state index is 13.2. The Bertz CT molecular complexity index is 1300. The van der Waals surface area contributed by atoms with E-state index in [1.807, 2.05) is 6.92 Å². The molecule has 206 valence electrons. The molecule has 1 unspecified atom stereocenters. The molecule has 2 fully saturated rings. The zero-order chi connectivity index (χ0) is 26.8. The molecule has 1 aromatic heterocycles. The van der Waals surface area contributed by atoms with E-state index in [-0.39, 0.29) is 34.6 Å². The van der Waals surface area contributed by atoms with E-state index in [4.69, 9.17) is 9.47 Å². The van der Waals surface area contributed by atoms with Gasteiger partial charge >= 0.3 is 0 Å². The van der Waals surface area contributed by atoms with Crippen molar-refractivity contribution in [2.75, 3.05) is 39.1 Å². The molecule has 11 nitrogen and oxygen atoms in total. The maximum absolute atomic E-state index is 13.2. The molecule has 13 heteroatoms. The number of nitrogens with zero attached hydrogens (tertiary/aromatic N) is 3. The Balaban J connectivity index is 1.24. The molecule has 0 saturated carbocycles. The molecule has 0 aliphatic carbocycles. The normalized spacial score (nSPS) is 21.4. The molecule has 4 rings (SSSR count). The number of aliphatic hydroxyl groups excluding tert-OH is 1. The Morgan fingerprint density at radius 2 is 2.00 bits per heavy atom. The minimum absolute atomic E-state index is 0.0137. The topological polar surface area (TPSA) is 140 Å². The summed E-state index contributed by atoms with van der Waals surface area (Å²) in [7, 11) is -6.94. The second kappa shape index (κ2) is 11.0. The SMILES string of the molecule is CCn1ncc(S(=O)(=O)N2CCC3(CC2)CC(NC[C@H](O)COc2cccc(S(C)(=O)=O)c2)CO3)c1C. The average molecular weight is 557 g/mol. The van der Waals surface area contributed by atoms with Gasteiger partial charge in [-0.1, -0.05) is 6.07 Å². The number of hydrogen-bond acceptors (Lipinski definition) is 9. The van der Waals surface area contributed by atoms with E-state index in [0.29, 0.717) is 50.5 Å². The van der Waals surface area contributed by atoms with Gasteiger partial charge in [0.2, 0.25) is 10.0 Å². The van der Waals surface area contributed by atoms with Crippen LogP contribution in [0.4, 0.5) is 0 Å². The molecule has 2 aliphatic heterocycles. The standard InChI is InChI=1S/C24H36N4O7S2/c1-4-28-18(2)23(15-26-28)37(32,33)27-10-8-24(9-11-27)13-19(16-35-24)25-14-20(29)17-34-21-6-5-7-22(12-21)36(3,30)31/h5-7,12,15,19-20,25,29H,4,8-11,13-14,16-17H2,1-3H3/t19?,20-/m0/s1. The van der Waals surface area contributed by atoms with Crippen LogP contribution < -0.4 is 10.1 Å². The summed E-state index contributed by atoms with van der Waals surface area (Å²) in [4.78, 5) is 0.424. The van der Waals surface area contributed by atoms with Crippen molar-refractivity contribution in [2.24, 2.45) is 0 Å². The zero-order valence-corrected chi connectivity index (χ0v) is 23.1. The first kappa shape index (κ1) is 28.0. The highest BCUT2D eigenvalue weighted by Crippen LogP contribution is 2.37. The molecule has 3 heterocycles. The number of aliphatic hydroxyl groups is 1. The van der Waals surface area contributed by atoms with Gasteiger partial charge in [0.1, 0.15) is 23.4 Å². The van der Waals surface area contributed by atoms with E-state index in [9.17, 15) is 21.9 Å². The minimum atomic E-state index is -3.60. The van der Waals surface area contributed by atoms with E-state index >= 15 is 0 Å². The molecule has 0 amide bonds. The van der Waals surface area contributed by atoms with E-state index in [1.165, 1.54) is 22.6 Å². The van der Waals surface area contributed by atoms with Gasteiger partial charge in [-0.05, 0) is 51.3 Å². The number of nitrogens with one attached hydrogen (secondary N) is 1. The third kappa shape index (κ3) is 6.35. The van der Waals surface area contributed by atoms with Crippen molar-refractivity contribution in [1.82, 2.24) is 19.4 Å². The lowest BCUT2D eigenvalue weighted by atomic mass is 9.88. The largest absolute Gasteiger partial charge is 0.491 e. The van der Waals surface area contributed by atoms with E-state index in [0.717, 1.165) is 12.7 Å². The average Bonchev–Trinajstić information content (AvgIpc) is 3.44. The number of sulfone groups is 1. The lowest BCUT2D eigenvalue weighted by Gasteiger charge is -2.38. The molecule has 1 spiro atoms. The molecule has 2 aromatic rings. The zero-order valence-electron chi connectivity index (χ0n) is 21.5. The van der Waals surface area contributed by atoms with Crippen LogP contribution in [0.5, 0.6) is 5.75 Å². The molecule has 1 aromatic carbocycles. The van der Waals surface area contributed by atoms with Crippen LogP contribution in [0.3, 0.4) is 0 Å².